The standard InChI is InChI=1S/C12H26N2OS/c1-11(2)6-8-14-12(15)10-13-7-4-5-9-16-3/h11,13H,4-10H2,1-3H3,(H,14,15). The van der Waals surface area contributed by atoms with Crippen LogP contribution in [0.2, 0.25) is 0 Å². The predicted octanol–water partition coefficient (Wildman–Crippen LogP) is 1.88. The molecule has 0 saturated carbocycles. The fourth-order valence-corrected chi connectivity index (χ4v) is 1.75. The van der Waals surface area contributed by atoms with Gasteiger partial charge < -0.3 is 10.6 Å². The number of carbonyl (C=O) groups excluding carboxylic acids is 1. The first-order valence-corrected chi connectivity index (χ1v) is 7.52. The molecule has 0 spiro atoms. The molecule has 0 aromatic heterocycles. The molecule has 16 heavy (non-hydrogen) atoms. The molecule has 3 nitrogen and oxygen atoms in total. The number of amides is 1. The van der Waals surface area contributed by atoms with Gasteiger partial charge in [0.1, 0.15) is 0 Å². The van der Waals surface area contributed by atoms with Gasteiger partial charge in [0.25, 0.3) is 0 Å². The summed E-state index contributed by atoms with van der Waals surface area (Å²) < 4.78 is 0. The van der Waals surface area contributed by atoms with E-state index >= 15 is 0 Å². The second kappa shape index (κ2) is 11.3. The van der Waals surface area contributed by atoms with Gasteiger partial charge in [0, 0.05) is 6.54 Å². The van der Waals surface area contributed by atoms with Crippen molar-refractivity contribution < 1.29 is 4.79 Å². The van der Waals surface area contributed by atoms with E-state index in [9.17, 15) is 4.79 Å². The number of rotatable bonds is 10. The highest BCUT2D eigenvalue weighted by atomic mass is 32.2. The fourth-order valence-electron chi connectivity index (χ4n) is 1.26. The maximum Gasteiger partial charge on any atom is 0.233 e. The van der Waals surface area contributed by atoms with Crippen LogP contribution in [0.3, 0.4) is 0 Å². The Kier molecular flexibility index (Phi) is 11.1. The summed E-state index contributed by atoms with van der Waals surface area (Å²) in [5.74, 6) is 1.98. The molecule has 0 aliphatic heterocycles. The summed E-state index contributed by atoms with van der Waals surface area (Å²) in [4.78, 5) is 11.3. The summed E-state index contributed by atoms with van der Waals surface area (Å²) in [5, 5.41) is 6.07. The minimum absolute atomic E-state index is 0.116. The normalized spacial score (nSPS) is 10.8. The van der Waals surface area contributed by atoms with Crippen LogP contribution in [0.25, 0.3) is 0 Å². The van der Waals surface area contributed by atoms with Gasteiger partial charge in [0.15, 0.2) is 0 Å². The third kappa shape index (κ3) is 11.9. The Labute approximate surface area is 104 Å². The lowest BCUT2D eigenvalue weighted by Gasteiger charge is -2.08. The monoisotopic (exact) mass is 246 g/mol. The highest BCUT2D eigenvalue weighted by molar-refractivity contribution is 7.98. The summed E-state index contributed by atoms with van der Waals surface area (Å²) in [5.41, 5.74) is 0. The molecule has 4 heteroatoms. The van der Waals surface area contributed by atoms with Crippen molar-refractivity contribution in [2.24, 2.45) is 5.92 Å². The van der Waals surface area contributed by atoms with Crippen molar-refractivity contribution >= 4 is 17.7 Å². The first kappa shape index (κ1) is 15.8. The Hall–Kier alpha value is -0.220. The summed E-state index contributed by atoms with van der Waals surface area (Å²) in [6.45, 7) is 6.52. The van der Waals surface area contributed by atoms with Crippen molar-refractivity contribution in [1.82, 2.24) is 10.6 Å². The summed E-state index contributed by atoms with van der Waals surface area (Å²) in [6, 6.07) is 0. The quantitative estimate of drug-likeness (QED) is 0.578. The number of unbranched alkanes of at least 4 members (excludes halogenated alkanes) is 1. The lowest BCUT2D eigenvalue weighted by molar-refractivity contribution is -0.120. The Morgan fingerprint density at radius 2 is 2.00 bits per heavy atom. The highest BCUT2D eigenvalue weighted by Gasteiger charge is 2.00. The maximum atomic E-state index is 11.3. The average Bonchev–Trinajstić information content (AvgIpc) is 2.22. The van der Waals surface area contributed by atoms with E-state index in [2.05, 4.69) is 30.7 Å². The van der Waals surface area contributed by atoms with E-state index in [0.29, 0.717) is 12.5 Å². The Morgan fingerprint density at radius 3 is 2.62 bits per heavy atom. The number of thioether (sulfide) groups is 1. The predicted molar refractivity (Wildman–Crippen MR) is 73.0 cm³/mol. The van der Waals surface area contributed by atoms with Crippen LogP contribution < -0.4 is 10.6 Å². The molecule has 0 saturated heterocycles. The maximum absolute atomic E-state index is 11.3. The van der Waals surface area contributed by atoms with Crippen LogP contribution in [0.1, 0.15) is 33.1 Å². The lowest BCUT2D eigenvalue weighted by atomic mass is 10.1. The molecule has 2 N–H and O–H groups in total. The molecular weight excluding hydrogens is 220 g/mol. The molecule has 96 valence electrons. The molecule has 0 rings (SSSR count). The smallest absolute Gasteiger partial charge is 0.233 e. The zero-order chi connectivity index (χ0) is 12.2. The van der Waals surface area contributed by atoms with Gasteiger partial charge in [-0.25, -0.2) is 0 Å². The van der Waals surface area contributed by atoms with Gasteiger partial charge in [0.05, 0.1) is 6.54 Å². The Bertz CT molecular complexity index is 174. The molecule has 0 aromatic carbocycles. The second-order valence-electron chi connectivity index (χ2n) is 4.41. The van der Waals surface area contributed by atoms with Gasteiger partial charge in [-0.1, -0.05) is 13.8 Å². The van der Waals surface area contributed by atoms with Gasteiger partial charge in [-0.05, 0) is 43.7 Å². The summed E-state index contributed by atoms with van der Waals surface area (Å²) in [7, 11) is 0. The minimum Gasteiger partial charge on any atom is -0.355 e. The molecule has 0 atom stereocenters. The highest BCUT2D eigenvalue weighted by Crippen LogP contribution is 1.97. The Morgan fingerprint density at radius 1 is 1.25 bits per heavy atom. The van der Waals surface area contributed by atoms with Crippen molar-refractivity contribution in [2.75, 3.05) is 31.6 Å². The second-order valence-corrected chi connectivity index (χ2v) is 5.39. The topological polar surface area (TPSA) is 41.1 Å². The van der Waals surface area contributed by atoms with E-state index in [1.807, 2.05) is 11.8 Å². The van der Waals surface area contributed by atoms with Gasteiger partial charge in [-0.2, -0.15) is 11.8 Å². The van der Waals surface area contributed by atoms with E-state index in [1.54, 1.807) is 0 Å². The van der Waals surface area contributed by atoms with E-state index < -0.39 is 0 Å². The number of carbonyl (C=O) groups is 1. The molecule has 0 unspecified atom stereocenters. The molecule has 0 radical (unpaired) electrons. The third-order valence-corrected chi connectivity index (χ3v) is 2.98. The largest absolute Gasteiger partial charge is 0.355 e. The number of nitrogens with one attached hydrogen (secondary N) is 2. The Balaban J connectivity index is 3.17. The number of hydrogen-bond donors (Lipinski definition) is 2. The molecule has 0 aliphatic rings. The van der Waals surface area contributed by atoms with Crippen LogP contribution in [-0.4, -0.2) is 37.6 Å². The van der Waals surface area contributed by atoms with Crippen LogP contribution in [0.5, 0.6) is 0 Å². The first-order valence-electron chi connectivity index (χ1n) is 6.13. The zero-order valence-electron chi connectivity index (χ0n) is 10.8. The summed E-state index contributed by atoms with van der Waals surface area (Å²) >= 11 is 1.87. The molecule has 0 heterocycles. The minimum atomic E-state index is 0.116. The van der Waals surface area contributed by atoms with E-state index in [0.717, 1.165) is 25.9 Å². The van der Waals surface area contributed by atoms with Crippen LogP contribution in [0.4, 0.5) is 0 Å². The zero-order valence-corrected chi connectivity index (χ0v) is 11.7. The van der Waals surface area contributed by atoms with E-state index in [4.69, 9.17) is 0 Å². The van der Waals surface area contributed by atoms with Crippen molar-refractivity contribution in [3.63, 3.8) is 0 Å². The summed E-state index contributed by atoms with van der Waals surface area (Å²) in [6.07, 6.45) is 5.55. The van der Waals surface area contributed by atoms with Crippen LogP contribution in [0, 0.1) is 5.92 Å². The van der Waals surface area contributed by atoms with Gasteiger partial charge in [-0.15, -0.1) is 0 Å². The fraction of sp³-hybridized carbons (Fsp3) is 0.917. The van der Waals surface area contributed by atoms with Gasteiger partial charge in [0.2, 0.25) is 5.91 Å². The van der Waals surface area contributed by atoms with E-state index in [-0.39, 0.29) is 5.91 Å². The van der Waals surface area contributed by atoms with Crippen molar-refractivity contribution in [3.05, 3.63) is 0 Å². The first-order chi connectivity index (χ1) is 7.66. The SMILES string of the molecule is CSCCCCNCC(=O)NCCC(C)C. The van der Waals surface area contributed by atoms with Crippen LogP contribution in [-0.2, 0) is 4.79 Å². The van der Waals surface area contributed by atoms with Gasteiger partial charge in [-0.3, -0.25) is 4.79 Å². The molecule has 0 aromatic rings. The van der Waals surface area contributed by atoms with Crippen molar-refractivity contribution in [1.29, 1.82) is 0 Å². The van der Waals surface area contributed by atoms with E-state index in [1.165, 1.54) is 12.2 Å². The van der Waals surface area contributed by atoms with Crippen LogP contribution >= 0.6 is 11.8 Å². The molecule has 0 bridgehead atoms. The lowest BCUT2D eigenvalue weighted by Crippen LogP contribution is -2.35. The molecule has 0 fully saturated rings. The van der Waals surface area contributed by atoms with Crippen LogP contribution in [0.15, 0.2) is 0 Å². The molecular formula is C12H26N2OS. The number of hydrogen-bond acceptors (Lipinski definition) is 3. The third-order valence-electron chi connectivity index (χ3n) is 2.28. The van der Waals surface area contributed by atoms with Crippen molar-refractivity contribution in [2.45, 2.75) is 33.1 Å². The molecule has 0 aliphatic carbocycles. The van der Waals surface area contributed by atoms with Crippen molar-refractivity contribution in [3.8, 4) is 0 Å². The average molecular weight is 246 g/mol. The molecule has 1 amide bonds. The van der Waals surface area contributed by atoms with Gasteiger partial charge >= 0.3 is 0 Å².